The van der Waals surface area contributed by atoms with Crippen LogP contribution in [0.5, 0.6) is 0 Å². The number of thioether (sulfide) groups is 1. The number of Topliss-reactive ketones (excluding diaryl/α,β-unsaturated/α-hetero) is 2. The van der Waals surface area contributed by atoms with Crippen LogP contribution >= 0.6 is 11.8 Å². The third kappa shape index (κ3) is 53.3. The van der Waals surface area contributed by atoms with Crippen LogP contribution in [0.2, 0.25) is 0 Å². The SMILES string of the molecule is CC(C)CCCCCCCNC(=O)C/C=C/CC(=O)C(C)C.CC(C)CCCCCCCNC(=O)CCC(CC(=O)C(C)C)SC(CCCC(C)c1ccccc1)CCC(C)c1ccccc1.CC(CC/C=C\CCC(C)c1ccccc1)c1ccccc1.S=S=S=S=S=S=S=S. The van der Waals surface area contributed by atoms with Crippen LogP contribution in [0, 0.1) is 23.7 Å². The number of hydrogen-bond acceptors (Lipinski definition) is 7. The van der Waals surface area contributed by atoms with Crippen LogP contribution in [0.15, 0.2) is 146 Å². The summed E-state index contributed by atoms with van der Waals surface area (Å²) in [5, 5.41) is 6.77. The lowest BCUT2D eigenvalue weighted by atomic mass is 9.92. The molecule has 4 aromatic carbocycles. The first-order chi connectivity index (χ1) is 46.8. The molecule has 97 heavy (non-hydrogen) atoms. The summed E-state index contributed by atoms with van der Waals surface area (Å²) in [5.41, 5.74) is 5.72. The van der Waals surface area contributed by atoms with E-state index in [0.29, 0.717) is 60.4 Å². The van der Waals surface area contributed by atoms with Crippen LogP contribution in [0.1, 0.15) is 296 Å². The molecule has 0 heterocycles. The number of allylic oxidation sites excluding steroid dienone is 3. The zero-order valence-corrected chi connectivity index (χ0v) is 69.1. The highest BCUT2D eigenvalue weighted by Gasteiger charge is 2.24. The Bertz CT molecular complexity index is 2880. The standard InChI is InChI=1S/C41H65NO2S.C22H28.C19H35NO2.S8/c1-32(2)19-12-8-7-9-17-30-42-41(44)29-28-39(31-40(43)33(3)4)45-38(27-26-35(6)37-23-15-11-16-24-37)25-18-20-34(5)36-21-13-10-14-22-36;1-19(21-15-9-5-10-16-21)13-7-3-4-8-14-20(2)22-17-11-6-12-18-22;1-16(2)12-8-6-5-7-11-15-20-19(22)14-10-9-13-18(21)17(3)4;1-3-5-7-8-6-4-2/h10-11,13-16,21-24,32-35,38-39H,7-9,12,17-20,25-31H2,1-6H3,(H,42,44);3-6,9-12,15-20H,7-8,13-14H2,1-2H3;9-10,16-17H,5-8,11-15H2,1-4H3,(H,20,22);/b;4-3-;10-9+;. The summed E-state index contributed by atoms with van der Waals surface area (Å²) >= 11 is 11.2. The van der Waals surface area contributed by atoms with E-state index in [0.717, 1.165) is 63.5 Å². The van der Waals surface area contributed by atoms with Gasteiger partial charge < -0.3 is 10.6 Å². The van der Waals surface area contributed by atoms with Gasteiger partial charge in [0.25, 0.3) is 0 Å². The van der Waals surface area contributed by atoms with E-state index in [1.165, 1.54) is 143 Å². The minimum atomic E-state index is 0.0331. The smallest absolute Gasteiger partial charge is 0.223 e. The predicted molar refractivity (Wildman–Crippen MR) is 447 cm³/mol. The van der Waals surface area contributed by atoms with Crippen molar-refractivity contribution in [2.75, 3.05) is 13.1 Å². The molecule has 15 heteroatoms. The Kier molecular flexibility index (Phi) is 59.1. The van der Waals surface area contributed by atoms with Crippen molar-refractivity contribution in [3.05, 3.63) is 168 Å². The van der Waals surface area contributed by atoms with Gasteiger partial charge in [0.05, 0.1) is 0 Å². The van der Waals surface area contributed by atoms with E-state index in [9.17, 15) is 19.2 Å². The minimum Gasteiger partial charge on any atom is -0.356 e. The fraction of sp³-hybridized carbons (Fsp3) is 0.610. The molecule has 0 fully saturated rings. The van der Waals surface area contributed by atoms with Gasteiger partial charge in [0.15, 0.2) is 0 Å². The topological polar surface area (TPSA) is 92.3 Å². The van der Waals surface area contributed by atoms with Gasteiger partial charge in [0.1, 0.15) is 11.6 Å². The number of benzene rings is 4. The summed E-state index contributed by atoms with van der Waals surface area (Å²) in [4.78, 5) is 48.7. The molecular formula is C82H128N2O4S9. The van der Waals surface area contributed by atoms with Gasteiger partial charge in [-0.25, -0.2) is 0 Å². The lowest BCUT2D eigenvalue weighted by Crippen LogP contribution is -2.26. The number of carbonyl (C=O) groups excluding carboxylic acids is 4. The molecule has 0 aliphatic carbocycles. The van der Waals surface area contributed by atoms with Crippen LogP contribution < -0.4 is 10.6 Å². The first-order valence-electron chi connectivity index (χ1n) is 36.8. The van der Waals surface area contributed by atoms with Crippen molar-refractivity contribution < 1.29 is 19.2 Å². The monoisotopic (exact) mass is 1490 g/mol. The first-order valence-corrected chi connectivity index (χ1v) is 47.0. The van der Waals surface area contributed by atoms with Gasteiger partial charge in [-0.15, -0.1) is 0 Å². The van der Waals surface area contributed by atoms with E-state index in [2.05, 4.69) is 222 Å². The fourth-order valence-corrected chi connectivity index (χ4v) is 23.6. The highest BCUT2D eigenvalue weighted by Crippen LogP contribution is 2.35. The molecule has 6 nitrogen and oxygen atoms in total. The number of amides is 2. The summed E-state index contributed by atoms with van der Waals surface area (Å²) in [7, 11) is 9.12. The summed E-state index contributed by atoms with van der Waals surface area (Å²) in [6, 6.07) is 43.3. The average Bonchev–Trinajstić information content (AvgIpc) is 1.48. The minimum absolute atomic E-state index is 0.0331. The number of ketones is 2. The van der Waals surface area contributed by atoms with Crippen LogP contribution in [0.3, 0.4) is 0 Å². The molecule has 0 aliphatic heterocycles. The van der Waals surface area contributed by atoms with Gasteiger partial charge >= 0.3 is 0 Å². The molecule has 0 saturated heterocycles. The lowest BCUT2D eigenvalue weighted by molar-refractivity contribution is -0.123. The lowest BCUT2D eigenvalue weighted by Gasteiger charge is -2.25. The van der Waals surface area contributed by atoms with E-state index < -0.39 is 0 Å². The largest absolute Gasteiger partial charge is 0.356 e. The molecule has 4 rings (SSSR count). The van der Waals surface area contributed by atoms with Crippen molar-refractivity contribution in [2.24, 2.45) is 23.7 Å². The highest BCUT2D eigenvalue weighted by atomic mass is 33.4. The molecule has 0 radical (unpaired) electrons. The summed E-state index contributed by atoms with van der Waals surface area (Å²) in [6.07, 6.45) is 36.4. The maximum atomic E-state index is 12.9. The Morgan fingerprint density at radius 2 is 0.742 bits per heavy atom. The Morgan fingerprint density at radius 3 is 1.15 bits per heavy atom. The molecule has 0 aromatic heterocycles. The number of rotatable bonds is 46. The molecule has 0 aliphatic rings. The third-order valence-electron chi connectivity index (χ3n) is 17.5. The number of unbranched alkanes of at least 4 members (excludes halogenated alkanes) is 8. The Balaban J connectivity index is 0.000000752. The van der Waals surface area contributed by atoms with Gasteiger partial charge in [-0.2, -0.15) is 11.8 Å². The average molecular weight is 1490 g/mol. The maximum absolute atomic E-state index is 12.9. The molecule has 2 amide bonds. The number of carbonyl (C=O) groups is 4. The van der Waals surface area contributed by atoms with Crippen LogP contribution in [0.25, 0.3) is 0 Å². The van der Waals surface area contributed by atoms with Gasteiger partial charge in [-0.1, -0.05) is 299 Å². The molecule has 4 aromatic rings. The van der Waals surface area contributed by atoms with E-state index in [1.54, 1.807) is 47.7 Å². The molecule has 6 atom stereocenters. The summed E-state index contributed by atoms with van der Waals surface area (Å²) in [6.45, 7) is 27.8. The molecule has 0 bridgehead atoms. The highest BCUT2D eigenvalue weighted by molar-refractivity contribution is 8.70. The number of hydrogen-bond donors (Lipinski definition) is 2. The van der Waals surface area contributed by atoms with Crippen LogP contribution in [-0.4, -0.2) is 47.0 Å². The molecule has 2 N–H and O–H groups in total. The second kappa shape index (κ2) is 62.5. The second-order valence-electron chi connectivity index (χ2n) is 27.6. The van der Waals surface area contributed by atoms with Crippen molar-refractivity contribution in [3.63, 3.8) is 0 Å². The Hall–Kier alpha value is -3.25. The maximum Gasteiger partial charge on any atom is 0.223 e. The van der Waals surface area contributed by atoms with Gasteiger partial charge in [-0.3, -0.25) is 19.2 Å². The Labute approximate surface area is 624 Å². The van der Waals surface area contributed by atoms with Crippen molar-refractivity contribution in [1.29, 1.82) is 0 Å². The quantitative estimate of drug-likeness (QED) is 0.0336. The van der Waals surface area contributed by atoms with Crippen molar-refractivity contribution in [2.45, 2.75) is 284 Å². The normalized spacial score (nSPS) is 13.0. The van der Waals surface area contributed by atoms with Gasteiger partial charge in [0, 0.05) is 137 Å². The van der Waals surface area contributed by atoms with Gasteiger partial charge in [-0.05, 0) is 128 Å². The summed E-state index contributed by atoms with van der Waals surface area (Å²) in [5.74, 6) is 4.77. The van der Waals surface area contributed by atoms with Crippen molar-refractivity contribution in [1.82, 2.24) is 10.6 Å². The Morgan fingerprint density at radius 1 is 0.361 bits per heavy atom. The zero-order chi connectivity index (χ0) is 71.5. The van der Waals surface area contributed by atoms with E-state index >= 15 is 0 Å². The van der Waals surface area contributed by atoms with E-state index in [4.69, 9.17) is 0 Å². The van der Waals surface area contributed by atoms with Crippen LogP contribution in [-0.2, 0) is 94.8 Å². The zero-order valence-electron chi connectivity index (χ0n) is 61.7. The van der Waals surface area contributed by atoms with E-state index in [-0.39, 0.29) is 34.7 Å². The van der Waals surface area contributed by atoms with Crippen molar-refractivity contribution in [3.8, 4) is 0 Å². The van der Waals surface area contributed by atoms with Gasteiger partial charge in [0.2, 0.25) is 11.8 Å². The molecule has 0 saturated carbocycles. The van der Waals surface area contributed by atoms with E-state index in [1.807, 2.05) is 39.5 Å². The first kappa shape index (κ1) is 91.8. The predicted octanol–water partition coefficient (Wildman–Crippen LogP) is 22.9. The third-order valence-corrected chi connectivity index (χ3v) is 30.3. The summed E-state index contributed by atoms with van der Waals surface area (Å²) < 4.78 is 0. The van der Waals surface area contributed by atoms with Crippen LogP contribution in [0.4, 0.5) is 0 Å². The second-order valence-corrected chi connectivity index (χ2v) is 39.9. The molecule has 0 spiro atoms. The molecular weight excluding hydrogens is 1370 g/mol. The number of nitrogens with one attached hydrogen (secondary N) is 2. The van der Waals surface area contributed by atoms with Crippen molar-refractivity contribution >= 4 is 111 Å². The molecule has 6 unspecified atom stereocenters. The fourth-order valence-electron chi connectivity index (χ4n) is 11.0. The molecule has 544 valence electrons.